The van der Waals surface area contributed by atoms with Crippen molar-refractivity contribution in [2.24, 2.45) is 5.92 Å². The lowest BCUT2D eigenvalue weighted by molar-refractivity contribution is -0.141. The largest absolute Gasteiger partial charge is 0.481 e. The van der Waals surface area contributed by atoms with Gasteiger partial charge in [0, 0.05) is 0 Å². The first-order chi connectivity index (χ1) is 9.54. The van der Waals surface area contributed by atoms with Gasteiger partial charge in [-0.3, -0.25) is 4.79 Å². The van der Waals surface area contributed by atoms with E-state index in [-0.39, 0.29) is 24.5 Å². The maximum absolute atomic E-state index is 13.1. The van der Waals surface area contributed by atoms with Gasteiger partial charge < -0.3 is 5.11 Å². The van der Waals surface area contributed by atoms with Crippen LogP contribution in [-0.2, 0) is 17.6 Å². The van der Waals surface area contributed by atoms with Crippen LogP contribution in [0.25, 0.3) is 0 Å². The van der Waals surface area contributed by atoms with Crippen molar-refractivity contribution >= 4 is 5.97 Å². The monoisotopic (exact) mass is 276 g/mol. The Kier molecular flexibility index (Phi) is 4.45. The molecule has 0 bridgehead atoms. The van der Waals surface area contributed by atoms with E-state index < -0.39 is 11.9 Å². The smallest absolute Gasteiger partial charge is 0.307 e. The van der Waals surface area contributed by atoms with Gasteiger partial charge in [0.2, 0.25) is 0 Å². The molecule has 20 heavy (non-hydrogen) atoms. The number of benzene rings is 2. The van der Waals surface area contributed by atoms with Crippen molar-refractivity contribution in [1.29, 1.82) is 0 Å². The van der Waals surface area contributed by atoms with Crippen LogP contribution in [-0.4, -0.2) is 11.1 Å². The third kappa shape index (κ3) is 3.88. The summed E-state index contributed by atoms with van der Waals surface area (Å²) in [5.74, 6) is -2.35. The molecule has 0 fully saturated rings. The molecule has 2 aromatic carbocycles. The Morgan fingerprint density at radius 1 is 0.950 bits per heavy atom. The number of carboxylic acids is 1. The van der Waals surface area contributed by atoms with Gasteiger partial charge in [-0.2, -0.15) is 0 Å². The van der Waals surface area contributed by atoms with Crippen LogP contribution in [0.4, 0.5) is 8.78 Å². The van der Waals surface area contributed by atoms with E-state index in [0.717, 1.165) is 5.56 Å². The zero-order chi connectivity index (χ0) is 14.5. The van der Waals surface area contributed by atoms with Gasteiger partial charge in [0.1, 0.15) is 11.6 Å². The van der Waals surface area contributed by atoms with Crippen LogP contribution >= 0.6 is 0 Å². The van der Waals surface area contributed by atoms with Gasteiger partial charge in [-0.25, -0.2) is 8.78 Å². The van der Waals surface area contributed by atoms with Crippen molar-refractivity contribution in [3.8, 4) is 0 Å². The Bertz CT molecular complexity index is 594. The fourth-order valence-corrected chi connectivity index (χ4v) is 2.10. The van der Waals surface area contributed by atoms with Crippen LogP contribution < -0.4 is 0 Å². The number of rotatable bonds is 5. The molecule has 2 nitrogen and oxygen atoms in total. The number of carbonyl (C=O) groups is 1. The summed E-state index contributed by atoms with van der Waals surface area (Å²) in [6, 6.07) is 11.6. The summed E-state index contributed by atoms with van der Waals surface area (Å²) in [6.45, 7) is 0. The Morgan fingerprint density at radius 2 is 1.60 bits per heavy atom. The minimum Gasteiger partial charge on any atom is -0.481 e. The molecule has 2 rings (SSSR count). The van der Waals surface area contributed by atoms with E-state index in [2.05, 4.69) is 0 Å². The molecule has 0 radical (unpaired) electrons. The number of hydrogen-bond acceptors (Lipinski definition) is 1. The summed E-state index contributed by atoms with van der Waals surface area (Å²) in [4.78, 5) is 11.3. The molecule has 1 unspecified atom stereocenters. The highest BCUT2D eigenvalue weighted by atomic mass is 19.1. The summed E-state index contributed by atoms with van der Waals surface area (Å²) in [5.41, 5.74) is 1.38. The predicted molar refractivity (Wildman–Crippen MR) is 71.3 cm³/mol. The van der Waals surface area contributed by atoms with Crippen LogP contribution in [0.3, 0.4) is 0 Å². The molecule has 1 atom stereocenters. The van der Waals surface area contributed by atoms with Gasteiger partial charge in [-0.1, -0.05) is 24.3 Å². The second-order valence-electron chi connectivity index (χ2n) is 4.70. The number of aliphatic carboxylic acids is 1. The molecule has 104 valence electrons. The minimum atomic E-state index is -0.946. The first kappa shape index (κ1) is 14.2. The quantitative estimate of drug-likeness (QED) is 0.908. The second kappa shape index (κ2) is 6.28. The molecule has 0 aliphatic heterocycles. The highest BCUT2D eigenvalue weighted by Gasteiger charge is 2.18. The fourth-order valence-electron chi connectivity index (χ4n) is 2.10. The molecular weight excluding hydrogens is 262 g/mol. The lowest BCUT2D eigenvalue weighted by atomic mass is 9.92. The molecule has 1 N–H and O–H groups in total. The molecule has 0 aromatic heterocycles. The first-order valence-corrected chi connectivity index (χ1v) is 6.26. The molecule has 2 aromatic rings. The van der Waals surface area contributed by atoms with E-state index in [1.54, 1.807) is 24.3 Å². The fraction of sp³-hybridized carbons (Fsp3) is 0.188. The topological polar surface area (TPSA) is 37.3 Å². The van der Waals surface area contributed by atoms with Crippen molar-refractivity contribution < 1.29 is 18.7 Å². The van der Waals surface area contributed by atoms with E-state index in [1.165, 1.54) is 24.3 Å². The van der Waals surface area contributed by atoms with Crippen LogP contribution in [0, 0.1) is 17.6 Å². The SMILES string of the molecule is O=C(O)C(Cc1ccc(F)cc1)Cc1cccc(F)c1. The van der Waals surface area contributed by atoms with Crippen molar-refractivity contribution in [3.63, 3.8) is 0 Å². The second-order valence-corrected chi connectivity index (χ2v) is 4.70. The van der Waals surface area contributed by atoms with Crippen LogP contribution in [0.2, 0.25) is 0 Å². The summed E-state index contributed by atoms with van der Waals surface area (Å²) in [5, 5.41) is 9.25. The van der Waals surface area contributed by atoms with Gasteiger partial charge in [-0.15, -0.1) is 0 Å². The van der Waals surface area contributed by atoms with Crippen molar-refractivity contribution in [3.05, 3.63) is 71.3 Å². The van der Waals surface area contributed by atoms with Crippen molar-refractivity contribution in [1.82, 2.24) is 0 Å². The van der Waals surface area contributed by atoms with Gasteiger partial charge >= 0.3 is 5.97 Å². The van der Waals surface area contributed by atoms with Crippen molar-refractivity contribution in [2.75, 3.05) is 0 Å². The molecule has 0 saturated carbocycles. The number of hydrogen-bond donors (Lipinski definition) is 1. The van der Waals surface area contributed by atoms with E-state index in [4.69, 9.17) is 0 Å². The zero-order valence-corrected chi connectivity index (χ0v) is 10.7. The predicted octanol–water partition coefficient (Wildman–Crippen LogP) is 3.45. The number of carboxylic acid groups (broad SMARTS) is 1. The van der Waals surface area contributed by atoms with E-state index >= 15 is 0 Å². The average Bonchev–Trinajstić information content (AvgIpc) is 2.40. The number of halogens is 2. The zero-order valence-electron chi connectivity index (χ0n) is 10.7. The van der Waals surface area contributed by atoms with E-state index in [1.807, 2.05) is 0 Å². The normalized spacial score (nSPS) is 12.1. The molecule has 0 saturated heterocycles. The Labute approximate surface area is 115 Å². The maximum atomic E-state index is 13.1. The highest BCUT2D eigenvalue weighted by Crippen LogP contribution is 2.16. The van der Waals surface area contributed by atoms with Crippen LogP contribution in [0.5, 0.6) is 0 Å². The van der Waals surface area contributed by atoms with Gasteiger partial charge in [0.15, 0.2) is 0 Å². The highest BCUT2D eigenvalue weighted by molar-refractivity contribution is 5.70. The van der Waals surface area contributed by atoms with Gasteiger partial charge in [0.05, 0.1) is 5.92 Å². The third-order valence-corrected chi connectivity index (χ3v) is 3.12. The standard InChI is InChI=1S/C16H14F2O2/c17-14-6-4-11(5-7-14)8-13(16(19)20)9-12-2-1-3-15(18)10-12/h1-7,10,13H,8-9H2,(H,19,20). The molecule has 0 heterocycles. The Balaban J connectivity index is 2.11. The Hall–Kier alpha value is -2.23. The van der Waals surface area contributed by atoms with Crippen molar-refractivity contribution in [2.45, 2.75) is 12.8 Å². The molecule has 4 heteroatoms. The lowest BCUT2D eigenvalue weighted by Gasteiger charge is -2.12. The van der Waals surface area contributed by atoms with E-state index in [9.17, 15) is 18.7 Å². The average molecular weight is 276 g/mol. The lowest BCUT2D eigenvalue weighted by Crippen LogP contribution is -2.19. The summed E-state index contributed by atoms with van der Waals surface area (Å²) in [6.07, 6.45) is 0.524. The third-order valence-electron chi connectivity index (χ3n) is 3.12. The summed E-state index contributed by atoms with van der Waals surface area (Å²) < 4.78 is 25.9. The first-order valence-electron chi connectivity index (χ1n) is 6.26. The molecule has 0 amide bonds. The Morgan fingerprint density at radius 3 is 2.20 bits per heavy atom. The molecular formula is C16H14F2O2. The molecule has 0 aliphatic carbocycles. The summed E-state index contributed by atoms with van der Waals surface area (Å²) >= 11 is 0. The molecule has 0 spiro atoms. The van der Waals surface area contributed by atoms with E-state index in [0.29, 0.717) is 5.56 Å². The van der Waals surface area contributed by atoms with Gasteiger partial charge in [-0.05, 0) is 48.2 Å². The molecule has 0 aliphatic rings. The van der Waals surface area contributed by atoms with Crippen LogP contribution in [0.15, 0.2) is 48.5 Å². The maximum Gasteiger partial charge on any atom is 0.307 e. The summed E-state index contributed by atoms with van der Waals surface area (Å²) in [7, 11) is 0. The minimum absolute atomic E-state index is 0.241. The van der Waals surface area contributed by atoms with Gasteiger partial charge in [0.25, 0.3) is 0 Å². The van der Waals surface area contributed by atoms with Crippen LogP contribution in [0.1, 0.15) is 11.1 Å².